The third-order valence-corrected chi connectivity index (χ3v) is 1.25. The van der Waals surface area contributed by atoms with Crippen molar-refractivity contribution < 1.29 is 16.4 Å². The van der Waals surface area contributed by atoms with E-state index in [1.165, 1.54) is 0 Å². The van der Waals surface area contributed by atoms with Gasteiger partial charge in [0.05, 0.1) is 13.7 Å². The number of hydrogen-bond acceptors (Lipinski definition) is 0. The topological polar surface area (TPSA) is 0 Å². The van der Waals surface area contributed by atoms with Gasteiger partial charge in [0.25, 0.3) is 0 Å². The molecule has 0 atom stereocenters. The van der Waals surface area contributed by atoms with E-state index in [1.54, 1.807) is 0 Å². The fourth-order valence-electron chi connectivity index (χ4n) is 0.750. The van der Waals surface area contributed by atoms with Crippen LogP contribution in [0.1, 0.15) is 27.6 Å². The van der Waals surface area contributed by atoms with Gasteiger partial charge in [-0.1, -0.05) is 60.4 Å². The highest BCUT2D eigenvalue weighted by molar-refractivity contribution is 5.25. The lowest BCUT2D eigenvalue weighted by Crippen LogP contribution is -1.85. The first-order valence-electron chi connectivity index (χ1n) is 9.50. The number of benzene rings is 2. The molecule has 0 aliphatic rings. The molecule has 0 radical (unpaired) electrons. The van der Waals surface area contributed by atoms with Gasteiger partial charge in [-0.15, -0.1) is 0 Å². The Morgan fingerprint density at radius 3 is 1.54 bits per heavy atom. The predicted octanol–water partition coefficient (Wildman–Crippen LogP) is 3.28. The lowest BCUT2D eigenvalue weighted by Gasteiger charge is -2.00. The molecule has 0 spiro atoms. The van der Waals surface area contributed by atoms with Crippen molar-refractivity contribution in [3.05, 3.63) is 71.6 Å². The van der Waals surface area contributed by atoms with Crippen molar-refractivity contribution in [3.8, 4) is 0 Å². The third kappa shape index (κ3) is 2.19. The lowest BCUT2D eigenvalue weighted by atomic mass is 10.1. The minimum absolute atomic E-state index is 0.712. The Morgan fingerprint density at radius 2 is 1.15 bits per heavy atom. The van der Waals surface area contributed by atoms with Crippen LogP contribution in [0.4, 0.5) is 0 Å². The van der Waals surface area contributed by atoms with E-state index in [-0.39, 0.29) is 0 Å². The molecular formula is C13H12. The van der Waals surface area contributed by atoms with Crippen molar-refractivity contribution in [1.82, 2.24) is 0 Å². The van der Waals surface area contributed by atoms with Crippen LogP contribution in [0.5, 0.6) is 0 Å². The predicted molar refractivity (Wildman–Crippen MR) is 55.7 cm³/mol. The summed E-state index contributed by atoms with van der Waals surface area (Å²) in [5.41, 5.74) is -1.56. The van der Waals surface area contributed by atoms with E-state index in [2.05, 4.69) is 0 Å². The van der Waals surface area contributed by atoms with Crippen LogP contribution in [0.25, 0.3) is 0 Å². The van der Waals surface area contributed by atoms with Crippen LogP contribution >= 0.6 is 0 Å². The van der Waals surface area contributed by atoms with Crippen LogP contribution in [-0.4, -0.2) is 0 Å². The zero-order valence-corrected chi connectivity index (χ0v) is 6.50. The van der Waals surface area contributed by atoms with Crippen molar-refractivity contribution in [3.63, 3.8) is 0 Å². The Hall–Kier alpha value is -1.56. The molecule has 0 aliphatic carbocycles. The Kier molecular flexibility index (Phi) is 0.627. The van der Waals surface area contributed by atoms with E-state index >= 15 is 0 Å². The molecule has 0 N–H and O–H groups in total. The van der Waals surface area contributed by atoms with Crippen molar-refractivity contribution in [2.24, 2.45) is 0 Å². The van der Waals surface area contributed by atoms with E-state index in [1.807, 2.05) is 0 Å². The summed E-state index contributed by atoms with van der Waals surface area (Å²) < 4.78 is 93.5. The average Bonchev–Trinajstić information content (AvgIpc) is 2.54. The van der Waals surface area contributed by atoms with Gasteiger partial charge in [-0.3, -0.25) is 0 Å². The van der Waals surface area contributed by atoms with Gasteiger partial charge < -0.3 is 0 Å². The molecule has 64 valence electrons. The average molecular weight is 180 g/mol. The van der Waals surface area contributed by atoms with Gasteiger partial charge in [-0.25, -0.2) is 0 Å². The molecule has 0 saturated heterocycles. The summed E-state index contributed by atoms with van der Waals surface area (Å²) in [5.74, 6) is 0. The summed E-state index contributed by atoms with van der Waals surface area (Å²) in [6.45, 7) is 0. The van der Waals surface area contributed by atoms with Gasteiger partial charge in [0, 0.05) is 2.74 Å². The van der Waals surface area contributed by atoms with Crippen molar-refractivity contribution in [2.75, 3.05) is 0 Å². The first-order valence-corrected chi connectivity index (χ1v) is 3.50. The van der Waals surface area contributed by atoms with Gasteiger partial charge in [0.2, 0.25) is 0 Å². The fourth-order valence-corrected chi connectivity index (χ4v) is 0.750. The molecule has 2 rings (SSSR count). The van der Waals surface area contributed by atoms with E-state index in [9.17, 15) is 0 Å². The van der Waals surface area contributed by atoms with E-state index < -0.39 is 77.9 Å². The molecule has 13 heavy (non-hydrogen) atoms. The van der Waals surface area contributed by atoms with Crippen LogP contribution in [0.3, 0.4) is 0 Å². The van der Waals surface area contributed by atoms with Gasteiger partial charge in [-0.2, -0.15) is 0 Å². The Balaban J connectivity index is 2.96. The second-order valence-electron chi connectivity index (χ2n) is 2.12. The molecule has 0 heterocycles. The number of hydrogen-bond donors (Lipinski definition) is 0. The zero-order valence-electron chi connectivity index (χ0n) is 18.5. The summed E-state index contributed by atoms with van der Waals surface area (Å²) in [6, 6.07) is -7.83. The van der Waals surface area contributed by atoms with Crippen molar-refractivity contribution in [2.45, 2.75) is 6.37 Å². The zero-order chi connectivity index (χ0) is 19.4. The molecule has 0 aliphatic heterocycles. The highest BCUT2D eigenvalue weighted by Gasteiger charge is 1.92. The maximum Gasteiger partial charge on any atom is 0.0626 e. The lowest BCUT2D eigenvalue weighted by molar-refractivity contribution is 1.19. The van der Waals surface area contributed by atoms with Crippen molar-refractivity contribution in [1.29, 1.82) is 0 Å². The Labute approximate surface area is 95.7 Å². The largest absolute Gasteiger partial charge is 0.0626 e. The monoisotopic (exact) mass is 180 g/mol. The summed E-state index contributed by atoms with van der Waals surface area (Å²) in [4.78, 5) is 0. The maximum absolute atomic E-state index is 8.23. The smallest absolute Gasteiger partial charge is 0.0622 e. The SMILES string of the molecule is [2H]c1c([2H])c([2H])c(C([2H])([2H])c2c([2H])c([2H])c([2H])c([2H])c2[2H])c([2H])c1[2H]. The molecule has 2 aromatic carbocycles. The molecule has 0 amide bonds. The van der Waals surface area contributed by atoms with Crippen LogP contribution in [0.2, 0.25) is 0 Å². The third-order valence-electron chi connectivity index (χ3n) is 1.25. The normalized spacial score (nSPS) is 24.0. The highest BCUT2D eigenvalue weighted by atomic mass is 14.0. The first kappa shape index (κ1) is 2.09. The van der Waals surface area contributed by atoms with Crippen LogP contribution in [-0.2, 0) is 6.37 Å². The molecule has 0 nitrogen and oxygen atoms in total. The quantitative estimate of drug-likeness (QED) is 0.665. The van der Waals surface area contributed by atoms with E-state index in [0.29, 0.717) is 0 Å². The Morgan fingerprint density at radius 1 is 0.769 bits per heavy atom. The van der Waals surface area contributed by atoms with Gasteiger partial charge >= 0.3 is 0 Å². The van der Waals surface area contributed by atoms with Gasteiger partial charge in [-0.05, 0) is 17.5 Å². The molecule has 0 bridgehead atoms. The maximum atomic E-state index is 8.23. The van der Waals surface area contributed by atoms with Crippen molar-refractivity contribution >= 4 is 0 Å². The minimum atomic E-state index is -2.90. The molecular weight excluding hydrogens is 156 g/mol. The fraction of sp³-hybridized carbons (Fsp3) is 0.0769. The standard InChI is InChI=1S/C13H12/c1-3-7-12(8-4-1)11-13-9-5-2-6-10-13/h1-10H,11H2/i1D,2D,3D,4D,5D,6D,7D,8D,9D,10D,11D2. The van der Waals surface area contributed by atoms with Crippen LogP contribution < -0.4 is 0 Å². The second-order valence-corrected chi connectivity index (χ2v) is 2.12. The molecule has 0 aromatic heterocycles. The summed E-state index contributed by atoms with van der Waals surface area (Å²) in [5, 5.41) is 0. The second kappa shape index (κ2) is 3.90. The first-order chi connectivity index (χ1) is 11.4. The minimum Gasteiger partial charge on any atom is -0.0622 e. The van der Waals surface area contributed by atoms with Gasteiger partial charge in [0.15, 0.2) is 0 Å². The van der Waals surface area contributed by atoms with E-state index in [0.717, 1.165) is 0 Å². The summed E-state index contributed by atoms with van der Waals surface area (Å²) in [6.07, 6.45) is -2.90. The molecule has 0 fully saturated rings. The van der Waals surface area contributed by atoms with Gasteiger partial charge in [0.1, 0.15) is 0 Å². The Bertz CT molecular complexity index is 756. The summed E-state index contributed by atoms with van der Waals surface area (Å²) in [7, 11) is 0. The van der Waals surface area contributed by atoms with Crippen LogP contribution in [0.15, 0.2) is 60.4 Å². The molecule has 0 heteroatoms. The molecule has 2 aromatic rings. The summed E-state index contributed by atoms with van der Waals surface area (Å²) >= 11 is 0. The molecule has 0 unspecified atom stereocenters. The molecule has 0 saturated carbocycles. The number of rotatable bonds is 2. The van der Waals surface area contributed by atoms with Crippen LogP contribution in [0, 0.1) is 0 Å². The van der Waals surface area contributed by atoms with E-state index in [4.69, 9.17) is 16.4 Å². The highest BCUT2D eigenvalue weighted by Crippen LogP contribution is 2.07.